The highest BCUT2D eigenvalue weighted by atomic mass is 16.6. The Morgan fingerprint density at radius 3 is 2.23 bits per heavy atom. The van der Waals surface area contributed by atoms with Crippen molar-refractivity contribution in [2.75, 3.05) is 0 Å². The third-order valence-electron chi connectivity index (χ3n) is 4.61. The van der Waals surface area contributed by atoms with Gasteiger partial charge < -0.3 is 20.3 Å². The normalized spacial score (nSPS) is 15.9. The Kier molecular flexibility index (Phi) is 7.50. The van der Waals surface area contributed by atoms with Crippen LogP contribution in [0.1, 0.15) is 71.6 Å². The van der Waals surface area contributed by atoms with Crippen molar-refractivity contribution in [2.24, 2.45) is 0 Å². The number of nitrogens with zero attached hydrogens (tertiary/aromatic N) is 1. The lowest BCUT2D eigenvalue weighted by atomic mass is 10.0. The summed E-state index contributed by atoms with van der Waals surface area (Å²) in [6.45, 7) is 12.6. The number of alkyl carbamates (subject to hydrolysis) is 1. The zero-order valence-electron chi connectivity index (χ0n) is 19.1. The van der Waals surface area contributed by atoms with E-state index in [9.17, 15) is 14.4 Å². The van der Waals surface area contributed by atoms with Gasteiger partial charge in [0.2, 0.25) is 11.8 Å². The predicted octanol–water partition coefficient (Wildman–Crippen LogP) is 3.46. The molecule has 0 heterocycles. The minimum atomic E-state index is -0.820. The molecule has 2 atom stereocenters. The molecule has 0 spiro atoms. The summed E-state index contributed by atoms with van der Waals surface area (Å²) in [6.07, 6.45) is 1.02. The van der Waals surface area contributed by atoms with Gasteiger partial charge in [-0.15, -0.1) is 0 Å². The molecule has 1 saturated carbocycles. The lowest BCUT2D eigenvalue weighted by Gasteiger charge is -2.34. The first kappa shape index (κ1) is 23.7. The highest BCUT2D eigenvalue weighted by Crippen LogP contribution is 2.35. The Bertz CT molecular complexity index is 781. The zero-order chi connectivity index (χ0) is 22.6. The van der Waals surface area contributed by atoms with E-state index in [2.05, 4.69) is 10.6 Å². The maximum atomic E-state index is 13.4. The van der Waals surface area contributed by atoms with Crippen LogP contribution in [-0.2, 0) is 14.3 Å². The Morgan fingerprint density at radius 1 is 1.10 bits per heavy atom. The van der Waals surface area contributed by atoms with Crippen LogP contribution in [0, 0.1) is 6.92 Å². The summed E-state index contributed by atoms with van der Waals surface area (Å²) in [4.78, 5) is 40.3. The molecule has 1 fully saturated rings. The Hall–Kier alpha value is -2.57. The van der Waals surface area contributed by atoms with Gasteiger partial charge in [0.1, 0.15) is 17.7 Å². The second-order valence-corrected chi connectivity index (χ2v) is 9.32. The van der Waals surface area contributed by atoms with Crippen LogP contribution in [-0.4, -0.2) is 46.5 Å². The number of benzene rings is 1. The van der Waals surface area contributed by atoms with Crippen LogP contribution < -0.4 is 10.6 Å². The second kappa shape index (κ2) is 9.49. The first-order valence-corrected chi connectivity index (χ1v) is 10.6. The zero-order valence-corrected chi connectivity index (χ0v) is 19.1. The van der Waals surface area contributed by atoms with E-state index in [0.717, 1.165) is 24.0 Å². The number of aryl methyl sites for hydroxylation is 1. The Balaban J connectivity index is 2.31. The Labute approximate surface area is 179 Å². The van der Waals surface area contributed by atoms with Crippen molar-refractivity contribution in [3.05, 3.63) is 35.4 Å². The van der Waals surface area contributed by atoms with E-state index in [1.54, 1.807) is 32.6 Å². The van der Waals surface area contributed by atoms with Crippen molar-refractivity contribution >= 4 is 17.9 Å². The smallest absolute Gasteiger partial charge is 0.408 e. The van der Waals surface area contributed by atoms with Gasteiger partial charge in [-0.05, 0) is 66.9 Å². The molecule has 7 heteroatoms. The van der Waals surface area contributed by atoms with Crippen LogP contribution in [0.3, 0.4) is 0 Å². The summed E-state index contributed by atoms with van der Waals surface area (Å²) >= 11 is 0. The van der Waals surface area contributed by atoms with Crippen LogP contribution in [0.15, 0.2) is 24.3 Å². The van der Waals surface area contributed by atoms with Crippen LogP contribution in [0.5, 0.6) is 0 Å². The maximum absolute atomic E-state index is 13.4. The van der Waals surface area contributed by atoms with Gasteiger partial charge >= 0.3 is 6.09 Å². The molecule has 2 unspecified atom stereocenters. The lowest BCUT2D eigenvalue weighted by molar-refractivity contribution is -0.143. The monoisotopic (exact) mass is 417 g/mol. The summed E-state index contributed by atoms with van der Waals surface area (Å²) < 4.78 is 5.28. The third-order valence-corrected chi connectivity index (χ3v) is 4.61. The number of amides is 3. The molecule has 1 aromatic carbocycles. The maximum Gasteiger partial charge on any atom is 0.408 e. The van der Waals surface area contributed by atoms with Gasteiger partial charge in [-0.1, -0.05) is 29.8 Å². The predicted molar refractivity (Wildman–Crippen MR) is 116 cm³/mol. The standard InChI is InChI=1S/C23H35N3O4/c1-14(2)24-20(27)19(17-10-8-9-15(3)13-17)26(18-11-12-18)21(28)16(4)25-22(29)30-23(5,6)7/h8-10,13-14,16,18-19H,11-12H2,1-7H3,(H,24,27)(H,25,29). The van der Waals surface area contributed by atoms with E-state index in [0.29, 0.717) is 0 Å². The molecule has 3 amide bonds. The van der Waals surface area contributed by atoms with Gasteiger partial charge in [0, 0.05) is 12.1 Å². The van der Waals surface area contributed by atoms with Crippen molar-refractivity contribution in [3.8, 4) is 0 Å². The fourth-order valence-electron chi connectivity index (χ4n) is 3.28. The summed E-state index contributed by atoms with van der Waals surface area (Å²) in [5.74, 6) is -0.519. The molecule has 0 aromatic heterocycles. The molecule has 1 aliphatic rings. The van der Waals surface area contributed by atoms with Crippen LogP contribution in [0.25, 0.3) is 0 Å². The van der Waals surface area contributed by atoms with Gasteiger partial charge in [-0.3, -0.25) is 9.59 Å². The molecule has 166 valence electrons. The molecule has 0 saturated heterocycles. The SMILES string of the molecule is Cc1cccc(C(C(=O)NC(C)C)N(C(=O)C(C)NC(=O)OC(C)(C)C)C2CC2)c1. The topological polar surface area (TPSA) is 87.7 Å². The van der Waals surface area contributed by atoms with Gasteiger partial charge in [0.15, 0.2) is 0 Å². The molecule has 30 heavy (non-hydrogen) atoms. The lowest BCUT2D eigenvalue weighted by Crippen LogP contribution is -2.53. The molecular weight excluding hydrogens is 382 g/mol. The number of hydrogen-bond donors (Lipinski definition) is 2. The molecule has 2 rings (SSSR count). The van der Waals surface area contributed by atoms with Gasteiger partial charge in [0.05, 0.1) is 0 Å². The molecule has 0 aliphatic heterocycles. The van der Waals surface area contributed by atoms with E-state index < -0.39 is 23.8 Å². The number of rotatable bonds is 7. The highest BCUT2D eigenvalue weighted by molar-refractivity contribution is 5.92. The van der Waals surface area contributed by atoms with Crippen LogP contribution in [0.4, 0.5) is 4.79 Å². The first-order valence-electron chi connectivity index (χ1n) is 10.6. The summed E-state index contributed by atoms with van der Waals surface area (Å²) in [6, 6.07) is 5.98. The molecule has 7 nitrogen and oxygen atoms in total. The largest absolute Gasteiger partial charge is 0.444 e. The minimum absolute atomic E-state index is 0.0242. The van der Waals surface area contributed by atoms with E-state index >= 15 is 0 Å². The van der Waals surface area contributed by atoms with Gasteiger partial charge in [-0.2, -0.15) is 0 Å². The fourth-order valence-corrected chi connectivity index (χ4v) is 3.28. The number of carbonyl (C=O) groups excluding carboxylic acids is 3. The quantitative estimate of drug-likeness (QED) is 0.711. The van der Waals surface area contributed by atoms with Gasteiger partial charge in [-0.25, -0.2) is 4.79 Å². The second-order valence-electron chi connectivity index (χ2n) is 9.32. The molecular formula is C23H35N3O4. The summed E-state index contributed by atoms with van der Waals surface area (Å²) in [5, 5.41) is 5.56. The van der Waals surface area contributed by atoms with E-state index in [-0.39, 0.29) is 23.9 Å². The summed E-state index contributed by atoms with van der Waals surface area (Å²) in [7, 11) is 0. The van der Waals surface area contributed by atoms with E-state index in [4.69, 9.17) is 4.74 Å². The van der Waals surface area contributed by atoms with E-state index in [1.165, 1.54) is 0 Å². The van der Waals surface area contributed by atoms with Crippen molar-refractivity contribution in [1.82, 2.24) is 15.5 Å². The third kappa shape index (κ3) is 6.75. The molecule has 1 aromatic rings. The average molecular weight is 418 g/mol. The first-order chi connectivity index (χ1) is 13.9. The average Bonchev–Trinajstić information content (AvgIpc) is 3.41. The number of ether oxygens (including phenoxy) is 1. The molecule has 0 radical (unpaired) electrons. The van der Waals surface area contributed by atoms with Crippen LogP contribution in [0.2, 0.25) is 0 Å². The number of carbonyl (C=O) groups is 3. The number of nitrogens with one attached hydrogen (secondary N) is 2. The van der Waals surface area contributed by atoms with Crippen molar-refractivity contribution in [2.45, 2.75) is 91.1 Å². The summed E-state index contributed by atoms with van der Waals surface area (Å²) in [5.41, 5.74) is 1.11. The van der Waals surface area contributed by atoms with Crippen molar-refractivity contribution in [3.63, 3.8) is 0 Å². The Morgan fingerprint density at radius 2 is 1.73 bits per heavy atom. The molecule has 2 N–H and O–H groups in total. The van der Waals surface area contributed by atoms with E-state index in [1.807, 2.05) is 45.0 Å². The van der Waals surface area contributed by atoms with Gasteiger partial charge in [0.25, 0.3) is 0 Å². The molecule has 1 aliphatic carbocycles. The van der Waals surface area contributed by atoms with Crippen molar-refractivity contribution < 1.29 is 19.1 Å². The minimum Gasteiger partial charge on any atom is -0.444 e. The highest BCUT2D eigenvalue weighted by Gasteiger charge is 2.43. The fraction of sp³-hybridized carbons (Fsp3) is 0.609. The van der Waals surface area contributed by atoms with Crippen LogP contribution >= 0.6 is 0 Å². The molecule has 0 bridgehead atoms. The number of hydrogen-bond acceptors (Lipinski definition) is 4. The van der Waals surface area contributed by atoms with Crippen molar-refractivity contribution in [1.29, 1.82) is 0 Å².